The number of carbonyl (C=O) groups is 1. The van der Waals surface area contributed by atoms with Crippen LogP contribution >= 0.6 is 0 Å². The van der Waals surface area contributed by atoms with E-state index in [1.807, 2.05) is 12.1 Å². The maximum Gasteiger partial charge on any atom is 0.303 e. The summed E-state index contributed by atoms with van der Waals surface area (Å²) in [6.45, 7) is 0. The van der Waals surface area contributed by atoms with Crippen molar-refractivity contribution in [2.45, 2.75) is 18.9 Å². The minimum atomic E-state index is -0.829. The number of hydrogen-bond donors (Lipinski definition) is 3. The monoisotopic (exact) mass is 194 g/mol. The lowest BCUT2D eigenvalue weighted by atomic mass is 10.0. The SMILES string of the molecule is Nc1cccc(C(N)CCC(=O)O)c1. The molecule has 0 aliphatic carbocycles. The first-order valence-electron chi connectivity index (χ1n) is 4.42. The largest absolute Gasteiger partial charge is 0.481 e. The number of hydrogen-bond acceptors (Lipinski definition) is 3. The summed E-state index contributed by atoms with van der Waals surface area (Å²) in [5.74, 6) is -0.829. The molecule has 0 aliphatic heterocycles. The first kappa shape index (κ1) is 10.5. The van der Waals surface area contributed by atoms with E-state index in [1.54, 1.807) is 12.1 Å². The Hall–Kier alpha value is -1.55. The topological polar surface area (TPSA) is 89.3 Å². The van der Waals surface area contributed by atoms with Gasteiger partial charge in [0.1, 0.15) is 0 Å². The number of benzene rings is 1. The van der Waals surface area contributed by atoms with Crippen LogP contribution in [0.4, 0.5) is 5.69 Å². The van der Waals surface area contributed by atoms with E-state index in [1.165, 1.54) is 0 Å². The third-order valence-corrected chi connectivity index (χ3v) is 2.01. The van der Waals surface area contributed by atoms with E-state index in [4.69, 9.17) is 16.6 Å². The molecule has 0 saturated carbocycles. The summed E-state index contributed by atoms with van der Waals surface area (Å²) >= 11 is 0. The number of rotatable bonds is 4. The third kappa shape index (κ3) is 3.06. The van der Waals surface area contributed by atoms with Crippen LogP contribution in [0, 0.1) is 0 Å². The number of aliphatic carboxylic acids is 1. The fourth-order valence-electron chi connectivity index (χ4n) is 1.24. The molecule has 1 aromatic rings. The normalized spacial score (nSPS) is 12.4. The number of nitrogen functional groups attached to an aromatic ring is 1. The summed E-state index contributed by atoms with van der Waals surface area (Å²) in [5.41, 5.74) is 12.9. The lowest BCUT2D eigenvalue weighted by Gasteiger charge is -2.10. The molecular weight excluding hydrogens is 180 g/mol. The first-order chi connectivity index (χ1) is 6.59. The van der Waals surface area contributed by atoms with Crippen molar-refractivity contribution in [3.8, 4) is 0 Å². The van der Waals surface area contributed by atoms with Crippen molar-refractivity contribution in [2.24, 2.45) is 5.73 Å². The molecule has 76 valence electrons. The van der Waals surface area contributed by atoms with Gasteiger partial charge in [-0.3, -0.25) is 4.79 Å². The minimum Gasteiger partial charge on any atom is -0.481 e. The Bertz CT molecular complexity index is 326. The molecule has 0 aliphatic rings. The molecule has 1 aromatic carbocycles. The van der Waals surface area contributed by atoms with Crippen LogP contribution in [0.15, 0.2) is 24.3 Å². The van der Waals surface area contributed by atoms with E-state index in [-0.39, 0.29) is 12.5 Å². The van der Waals surface area contributed by atoms with Crippen LogP contribution in [0.25, 0.3) is 0 Å². The van der Waals surface area contributed by atoms with E-state index in [0.29, 0.717) is 12.1 Å². The van der Waals surface area contributed by atoms with Crippen molar-refractivity contribution in [2.75, 3.05) is 5.73 Å². The van der Waals surface area contributed by atoms with Crippen molar-refractivity contribution in [1.29, 1.82) is 0 Å². The van der Waals surface area contributed by atoms with Crippen LogP contribution in [0.2, 0.25) is 0 Å². The van der Waals surface area contributed by atoms with Gasteiger partial charge in [0.25, 0.3) is 0 Å². The minimum absolute atomic E-state index is 0.0793. The molecule has 0 bridgehead atoms. The van der Waals surface area contributed by atoms with Gasteiger partial charge in [-0.25, -0.2) is 0 Å². The Kier molecular flexibility index (Phi) is 3.48. The van der Waals surface area contributed by atoms with Gasteiger partial charge >= 0.3 is 5.97 Å². The highest BCUT2D eigenvalue weighted by Crippen LogP contribution is 2.17. The standard InChI is InChI=1S/C10H14N2O2/c11-8-3-1-2-7(6-8)9(12)4-5-10(13)14/h1-3,6,9H,4-5,11-12H2,(H,13,14). The zero-order valence-corrected chi connectivity index (χ0v) is 7.81. The molecule has 1 unspecified atom stereocenters. The molecule has 1 rings (SSSR count). The molecule has 14 heavy (non-hydrogen) atoms. The van der Waals surface area contributed by atoms with Gasteiger partial charge in [-0.05, 0) is 24.1 Å². The molecule has 0 amide bonds. The zero-order valence-electron chi connectivity index (χ0n) is 7.81. The van der Waals surface area contributed by atoms with Crippen molar-refractivity contribution in [3.63, 3.8) is 0 Å². The van der Waals surface area contributed by atoms with Crippen molar-refractivity contribution in [1.82, 2.24) is 0 Å². The van der Waals surface area contributed by atoms with E-state index in [2.05, 4.69) is 0 Å². The van der Waals surface area contributed by atoms with Gasteiger partial charge in [0.05, 0.1) is 0 Å². The van der Waals surface area contributed by atoms with Crippen LogP contribution in [0.1, 0.15) is 24.4 Å². The summed E-state index contributed by atoms with van der Waals surface area (Å²) in [4.78, 5) is 10.3. The fourth-order valence-corrected chi connectivity index (χ4v) is 1.24. The number of carboxylic acids is 1. The van der Waals surface area contributed by atoms with Crippen molar-refractivity contribution < 1.29 is 9.90 Å². The number of anilines is 1. The summed E-state index contributed by atoms with van der Waals surface area (Å²) in [6.07, 6.45) is 0.509. The Balaban J connectivity index is 2.60. The smallest absolute Gasteiger partial charge is 0.303 e. The van der Waals surface area contributed by atoms with Crippen LogP contribution in [-0.4, -0.2) is 11.1 Å². The molecule has 0 radical (unpaired) electrons. The molecule has 0 heterocycles. The maximum atomic E-state index is 10.3. The Morgan fingerprint density at radius 1 is 1.50 bits per heavy atom. The van der Waals surface area contributed by atoms with Gasteiger partial charge in [0, 0.05) is 18.2 Å². The third-order valence-electron chi connectivity index (χ3n) is 2.01. The Labute approximate surface area is 82.5 Å². The first-order valence-corrected chi connectivity index (χ1v) is 4.42. The highest BCUT2D eigenvalue weighted by molar-refractivity contribution is 5.66. The molecule has 0 aromatic heterocycles. The van der Waals surface area contributed by atoms with Crippen LogP contribution in [0.3, 0.4) is 0 Å². The second kappa shape index (κ2) is 4.62. The highest BCUT2D eigenvalue weighted by Gasteiger charge is 2.08. The lowest BCUT2D eigenvalue weighted by molar-refractivity contribution is -0.137. The van der Waals surface area contributed by atoms with E-state index in [9.17, 15) is 4.79 Å². The van der Waals surface area contributed by atoms with Crippen LogP contribution in [0.5, 0.6) is 0 Å². The predicted octanol–water partition coefficient (Wildman–Crippen LogP) is 1.13. The average Bonchev–Trinajstić information content (AvgIpc) is 2.14. The van der Waals surface area contributed by atoms with E-state index in [0.717, 1.165) is 5.56 Å². The van der Waals surface area contributed by atoms with Crippen molar-refractivity contribution >= 4 is 11.7 Å². The lowest BCUT2D eigenvalue weighted by Crippen LogP contribution is -2.12. The zero-order chi connectivity index (χ0) is 10.6. The molecule has 5 N–H and O–H groups in total. The number of carboxylic acid groups (broad SMARTS) is 1. The van der Waals surface area contributed by atoms with Crippen LogP contribution in [-0.2, 0) is 4.79 Å². The van der Waals surface area contributed by atoms with Crippen molar-refractivity contribution in [3.05, 3.63) is 29.8 Å². The number of nitrogens with two attached hydrogens (primary N) is 2. The molecule has 0 spiro atoms. The van der Waals surface area contributed by atoms with E-state index >= 15 is 0 Å². The van der Waals surface area contributed by atoms with Gasteiger partial charge in [0.2, 0.25) is 0 Å². The average molecular weight is 194 g/mol. The summed E-state index contributed by atoms with van der Waals surface area (Å²) in [5, 5.41) is 8.48. The molecule has 1 atom stereocenters. The van der Waals surface area contributed by atoms with Gasteiger partial charge in [-0.2, -0.15) is 0 Å². The quantitative estimate of drug-likeness (QED) is 0.627. The maximum absolute atomic E-state index is 10.3. The highest BCUT2D eigenvalue weighted by atomic mass is 16.4. The summed E-state index contributed by atoms with van der Waals surface area (Å²) < 4.78 is 0. The molecular formula is C10H14N2O2. The molecule has 4 heteroatoms. The Morgan fingerprint density at radius 3 is 2.79 bits per heavy atom. The van der Waals surface area contributed by atoms with Gasteiger partial charge in [0.15, 0.2) is 0 Å². The van der Waals surface area contributed by atoms with E-state index < -0.39 is 5.97 Å². The van der Waals surface area contributed by atoms with Gasteiger partial charge in [-0.15, -0.1) is 0 Å². The summed E-state index contributed by atoms with van der Waals surface area (Å²) in [7, 11) is 0. The van der Waals surface area contributed by atoms with Gasteiger partial charge in [-0.1, -0.05) is 12.1 Å². The molecule has 4 nitrogen and oxygen atoms in total. The second-order valence-electron chi connectivity index (χ2n) is 3.21. The second-order valence-corrected chi connectivity index (χ2v) is 3.21. The van der Waals surface area contributed by atoms with Gasteiger partial charge < -0.3 is 16.6 Å². The Morgan fingerprint density at radius 2 is 2.21 bits per heavy atom. The predicted molar refractivity (Wildman–Crippen MR) is 54.7 cm³/mol. The fraction of sp³-hybridized carbons (Fsp3) is 0.300. The molecule has 0 saturated heterocycles. The van der Waals surface area contributed by atoms with Crippen LogP contribution < -0.4 is 11.5 Å². The summed E-state index contributed by atoms with van der Waals surface area (Å²) in [6, 6.07) is 6.95. The molecule has 0 fully saturated rings.